The second-order valence-corrected chi connectivity index (χ2v) is 13.7. The number of rotatable bonds is 7. The standard InChI is InChI=1S/C48H36N6/c1-31-12-11-17-37(28-31)46-39-25-26-41(49)47(54-53-38-18-9-4-10-19-38)45(39)40-29-36(24-27-42(40)50-46)32-20-22-34(23-21-32)44-30-43(33-13-5-2-6-14-33)51-48(52-44)35-15-7-3-8-16-35/h2-11,13-31,49,53H,12H2,1H3. The number of anilines is 1. The van der Waals surface area contributed by atoms with Gasteiger partial charge in [-0.05, 0) is 71.5 Å². The molecule has 258 valence electrons. The number of aromatic nitrogens is 3. The molecule has 2 aromatic heterocycles. The van der Waals surface area contributed by atoms with Crippen molar-refractivity contribution in [3.05, 3.63) is 181 Å². The first-order chi connectivity index (χ1) is 26.6. The number of nitrogens with zero attached hydrogens (tertiary/aromatic N) is 4. The van der Waals surface area contributed by atoms with Gasteiger partial charge in [0.15, 0.2) is 5.82 Å². The number of hydrogen-bond acceptors (Lipinski definition) is 6. The van der Waals surface area contributed by atoms with Crippen LogP contribution >= 0.6 is 0 Å². The minimum Gasteiger partial charge on any atom is -0.299 e. The quantitative estimate of drug-likeness (QED) is 0.162. The summed E-state index contributed by atoms with van der Waals surface area (Å²) in [5.41, 5.74) is 16.6. The van der Waals surface area contributed by atoms with Gasteiger partial charge < -0.3 is 0 Å². The van der Waals surface area contributed by atoms with Crippen molar-refractivity contribution < 1.29 is 0 Å². The topological polar surface area (TPSA) is 86.9 Å². The Labute approximate surface area is 314 Å². The van der Waals surface area contributed by atoms with E-state index in [1.54, 1.807) is 0 Å². The van der Waals surface area contributed by atoms with E-state index < -0.39 is 0 Å². The van der Waals surface area contributed by atoms with Crippen LogP contribution in [0.5, 0.6) is 0 Å². The predicted octanol–water partition coefficient (Wildman–Crippen LogP) is 11.5. The summed E-state index contributed by atoms with van der Waals surface area (Å²) in [7, 11) is 0. The highest BCUT2D eigenvalue weighted by atomic mass is 15.3. The van der Waals surface area contributed by atoms with Gasteiger partial charge in [0, 0.05) is 33.2 Å². The fraction of sp³-hybridized carbons (Fsp3) is 0.0625. The molecule has 0 aliphatic heterocycles. The van der Waals surface area contributed by atoms with Crippen LogP contribution < -0.4 is 5.43 Å². The smallest absolute Gasteiger partial charge is 0.160 e. The van der Waals surface area contributed by atoms with Gasteiger partial charge in [-0.25, -0.2) is 15.0 Å². The molecule has 7 aromatic rings. The van der Waals surface area contributed by atoms with Gasteiger partial charge in [0.1, 0.15) is 5.71 Å². The minimum atomic E-state index is 0.343. The third-order valence-corrected chi connectivity index (χ3v) is 9.89. The fourth-order valence-electron chi connectivity index (χ4n) is 7.12. The van der Waals surface area contributed by atoms with E-state index in [9.17, 15) is 0 Å². The van der Waals surface area contributed by atoms with E-state index in [4.69, 9.17) is 25.5 Å². The summed E-state index contributed by atoms with van der Waals surface area (Å²) in [6.07, 6.45) is 11.5. The Balaban J connectivity index is 1.15. The van der Waals surface area contributed by atoms with Gasteiger partial charge in [-0.2, -0.15) is 5.10 Å². The predicted molar refractivity (Wildman–Crippen MR) is 223 cm³/mol. The van der Waals surface area contributed by atoms with Crippen molar-refractivity contribution in [2.24, 2.45) is 11.0 Å². The summed E-state index contributed by atoms with van der Waals surface area (Å²) in [5, 5.41) is 14.8. The Bertz CT molecular complexity index is 2600. The van der Waals surface area contributed by atoms with Gasteiger partial charge in [-0.1, -0.05) is 134 Å². The van der Waals surface area contributed by atoms with E-state index in [1.807, 2.05) is 91.0 Å². The molecule has 9 rings (SSSR count). The van der Waals surface area contributed by atoms with Crippen molar-refractivity contribution in [2.75, 3.05) is 5.43 Å². The van der Waals surface area contributed by atoms with Crippen LogP contribution in [0.3, 0.4) is 0 Å². The molecule has 0 saturated carbocycles. The van der Waals surface area contributed by atoms with Crippen LogP contribution in [0.15, 0.2) is 169 Å². The third-order valence-electron chi connectivity index (χ3n) is 9.89. The summed E-state index contributed by atoms with van der Waals surface area (Å²) < 4.78 is 0. The van der Waals surface area contributed by atoms with Crippen molar-refractivity contribution in [2.45, 2.75) is 13.3 Å². The molecule has 2 aliphatic rings. The first-order valence-corrected chi connectivity index (χ1v) is 18.2. The molecule has 0 bridgehead atoms. The number of hydrazone groups is 1. The van der Waals surface area contributed by atoms with E-state index >= 15 is 0 Å². The van der Waals surface area contributed by atoms with Gasteiger partial charge in [0.2, 0.25) is 0 Å². The second-order valence-electron chi connectivity index (χ2n) is 13.7. The Morgan fingerprint density at radius 3 is 1.96 bits per heavy atom. The lowest BCUT2D eigenvalue weighted by Crippen LogP contribution is -2.21. The maximum atomic E-state index is 9.01. The van der Waals surface area contributed by atoms with E-state index in [1.165, 1.54) is 0 Å². The van der Waals surface area contributed by atoms with Crippen molar-refractivity contribution in [1.29, 1.82) is 5.41 Å². The number of nitrogens with one attached hydrogen (secondary N) is 2. The van der Waals surface area contributed by atoms with Crippen LogP contribution in [0.4, 0.5) is 5.69 Å². The normalized spacial score (nSPS) is 15.6. The first kappa shape index (κ1) is 32.8. The molecule has 0 amide bonds. The number of pyridine rings is 1. The third kappa shape index (κ3) is 6.46. The fourth-order valence-corrected chi connectivity index (χ4v) is 7.12. The molecular weight excluding hydrogens is 661 g/mol. The Morgan fingerprint density at radius 1 is 0.630 bits per heavy atom. The number of fused-ring (bicyclic) bond motifs is 3. The van der Waals surface area contributed by atoms with Gasteiger partial charge >= 0.3 is 0 Å². The minimum absolute atomic E-state index is 0.343. The highest BCUT2D eigenvalue weighted by Crippen LogP contribution is 2.37. The average molecular weight is 697 g/mol. The van der Waals surface area contributed by atoms with E-state index in [0.717, 1.165) is 84.6 Å². The number of allylic oxidation sites excluding steroid dienone is 5. The highest BCUT2D eigenvalue weighted by molar-refractivity contribution is 6.55. The molecule has 6 heteroatoms. The molecule has 2 aliphatic carbocycles. The van der Waals surface area contributed by atoms with Gasteiger partial charge in [0.05, 0.1) is 34.0 Å². The zero-order chi connectivity index (χ0) is 36.4. The average Bonchev–Trinajstić information content (AvgIpc) is 3.23. The summed E-state index contributed by atoms with van der Waals surface area (Å²) in [4.78, 5) is 15.2. The summed E-state index contributed by atoms with van der Waals surface area (Å²) in [6, 6.07) is 47.2. The van der Waals surface area contributed by atoms with Crippen LogP contribution in [-0.4, -0.2) is 26.4 Å². The van der Waals surface area contributed by atoms with Crippen LogP contribution in [0.1, 0.15) is 30.2 Å². The molecule has 1 unspecified atom stereocenters. The van der Waals surface area contributed by atoms with Crippen LogP contribution in [-0.2, 0) is 0 Å². The number of para-hydroxylation sites is 1. The van der Waals surface area contributed by atoms with Gasteiger partial charge in [-0.15, -0.1) is 0 Å². The lowest BCUT2D eigenvalue weighted by Gasteiger charge is -2.22. The lowest BCUT2D eigenvalue weighted by molar-refractivity contribution is 0.739. The SMILES string of the molecule is CC1C=C(c2nc3ccc(-c4ccc(-c5cc(-c6ccccc6)nc(-c6ccccc6)n5)cc4)cc3c3c2C=CC(=N)C3=NNc2ccccc2)C=CC1. The number of benzene rings is 5. The largest absolute Gasteiger partial charge is 0.299 e. The molecule has 54 heavy (non-hydrogen) atoms. The van der Waals surface area contributed by atoms with Crippen LogP contribution in [0, 0.1) is 11.3 Å². The molecule has 1 atom stereocenters. The molecule has 2 heterocycles. The highest BCUT2D eigenvalue weighted by Gasteiger charge is 2.25. The molecule has 0 spiro atoms. The van der Waals surface area contributed by atoms with Gasteiger partial charge in [-0.3, -0.25) is 10.8 Å². The Morgan fingerprint density at radius 2 is 1.26 bits per heavy atom. The van der Waals surface area contributed by atoms with Crippen molar-refractivity contribution >= 4 is 39.7 Å². The van der Waals surface area contributed by atoms with Gasteiger partial charge in [0.25, 0.3) is 0 Å². The molecule has 0 fully saturated rings. The number of hydrogen-bond donors (Lipinski definition) is 2. The maximum absolute atomic E-state index is 9.01. The van der Waals surface area contributed by atoms with E-state index in [-0.39, 0.29) is 0 Å². The lowest BCUT2D eigenvalue weighted by atomic mass is 9.85. The van der Waals surface area contributed by atoms with Crippen molar-refractivity contribution in [3.63, 3.8) is 0 Å². The maximum Gasteiger partial charge on any atom is 0.160 e. The van der Waals surface area contributed by atoms with Crippen LogP contribution in [0.2, 0.25) is 0 Å². The Kier molecular flexibility index (Phi) is 8.61. The summed E-state index contributed by atoms with van der Waals surface area (Å²) >= 11 is 0. The monoisotopic (exact) mass is 696 g/mol. The first-order valence-electron chi connectivity index (χ1n) is 18.2. The zero-order valence-corrected chi connectivity index (χ0v) is 29.7. The second kappa shape index (κ2) is 14.2. The molecule has 2 N–H and O–H groups in total. The summed E-state index contributed by atoms with van der Waals surface area (Å²) in [5.74, 6) is 1.11. The molecule has 5 aromatic carbocycles. The van der Waals surface area contributed by atoms with Crippen molar-refractivity contribution in [1.82, 2.24) is 15.0 Å². The Hall–Kier alpha value is -7.05. The molecule has 0 saturated heterocycles. The molecule has 0 radical (unpaired) electrons. The molecule has 6 nitrogen and oxygen atoms in total. The molecular formula is C48H36N6. The van der Waals surface area contributed by atoms with E-state index in [0.29, 0.717) is 23.2 Å². The zero-order valence-electron chi connectivity index (χ0n) is 29.7. The van der Waals surface area contributed by atoms with E-state index in [2.05, 4.69) is 91.2 Å². The van der Waals surface area contributed by atoms with Crippen LogP contribution in [0.25, 0.3) is 67.6 Å². The van der Waals surface area contributed by atoms with Crippen molar-refractivity contribution in [3.8, 4) is 45.0 Å². The summed E-state index contributed by atoms with van der Waals surface area (Å²) in [6.45, 7) is 2.23.